The van der Waals surface area contributed by atoms with E-state index in [4.69, 9.17) is 0 Å². The third kappa shape index (κ3) is 5.80. The normalized spacial score (nSPS) is 31.0. The molecule has 0 aliphatic carbocycles. The summed E-state index contributed by atoms with van der Waals surface area (Å²) in [6.45, 7) is 5.33. The fourth-order valence-electron chi connectivity index (χ4n) is 3.25. The number of nitrogens with one attached hydrogen (secondary N) is 2. The minimum Gasteiger partial charge on any atom is -0.353 e. The van der Waals surface area contributed by atoms with E-state index in [2.05, 4.69) is 29.4 Å². The smallest absolute Gasteiger partial charge is 0.262 e. The van der Waals surface area contributed by atoms with Gasteiger partial charge in [0.15, 0.2) is 0 Å². The molecule has 132 valence electrons. The molecule has 2 rings (SSSR count). The Bertz CT molecular complexity index is 351. The lowest BCUT2D eigenvalue weighted by Gasteiger charge is -2.39. The molecule has 2 heterocycles. The van der Waals surface area contributed by atoms with Gasteiger partial charge in [0.25, 0.3) is 5.92 Å². The SMILES string of the molecule is CC1CCCC(C)N1CCNC(=O)C1CC(F)(F)CN1.Cl.Cl. The summed E-state index contributed by atoms with van der Waals surface area (Å²) in [7, 11) is 0. The van der Waals surface area contributed by atoms with E-state index < -0.39 is 24.9 Å². The fourth-order valence-corrected chi connectivity index (χ4v) is 3.25. The Morgan fingerprint density at radius 2 is 1.86 bits per heavy atom. The fraction of sp³-hybridized carbons (Fsp3) is 0.929. The molecule has 0 radical (unpaired) electrons. The average Bonchev–Trinajstić information content (AvgIpc) is 2.73. The lowest BCUT2D eigenvalue weighted by molar-refractivity contribution is -0.123. The summed E-state index contributed by atoms with van der Waals surface area (Å²) in [5.41, 5.74) is 0. The standard InChI is InChI=1S/C14H25F2N3O.2ClH/c1-10-4-3-5-11(2)19(10)7-6-17-13(20)12-8-14(15,16)9-18-12;;/h10-12,18H,3-9H2,1-2H3,(H,17,20);2*1H. The Kier molecular flexibility index (Phi) is 9.13. The largest absolute Gasteiger partial charge is 0.353 e. The van der Waals surface area contributed by atoms with E-state index in [0.717, 1.165) is 6.54 Å². The minimum atomic E-state index is -2.75. The van der Waals surface area contributed by atoms with E-state index in [1.807, 2.05) is 0 Å². The van der Waals surface area contributed by atoms with Gasteiger partial charge >= 0.3 is 0 Å². The highest BCUT2D eigenvalue weighted by atomic mass is 35.5. The van der Waals surface area contributed by atoms with Crippen LogP contribution >= 0.6 is 24.8 Å². The Labute approximate surface area is 143 Å². The molecule has 2 saturated heterocycles. The molecule has 22 heavy (non-hydrogen) atoms. The molecule has 3 atom stereocenters. The quantitative estimate of drug-likeness (QED) is 0.806. The summed E-state index contributed by atoms with van der Waals surface area (Å²) < 4.78 is 26.0. The molecule has 2 N–H and O–H groups in total. The molecule has 2 fully saturated rings. The van der Waals surface area contributed by atoms with Crippen molar-refractivity contribution in [1.29, 1.82) is 0 Å². The number of halogens is 4. The molecular weight excluding hydrogens is 335 g/mol. The molecule has 0 aromatic rings. The van der Waals surface area contributed by atoms with Gasteiger partial charge in [-0.2, -0.15) is 0 Å². The summed E-state index contributed by atoms with van der Waals surface area (Å²) in [5, 5.41) is 5.35. The van der Waals surface area contributed by atoms with Crippen LogP contribution < -0.4 is 10.6 Å². The maximum Gasteiger partial charge on any atom is 0.262 e. The summed E-state index contributed by atoms with van der Waals surface area (Å²) >= 11 is 0. The second-order valence-corrected chi connectivity index (χ2v) is 6.15. The highest BCUT2D eigenvalue weighted by Gasteiger charge is 2.42. The van der Waals surface area contributed by atoms with Gasteiger partial charge in [0.1, 0.15) is 0 Å². The van der Waals surface area contributed by atoms with Crippen molar-refractivity contribution in [3.05, 3.63) is 0 Å². The molecule has 4 nitrogen and oxygen atoms in total. The van der Waals surface area contributed by atoms with Crippen LogP contribution in [0.5, 0.6) is 0 Å². The van der Waals surface area contributed by atoms with Crippen molar-refractivity contribution in [3.8, 4) is 0 Å². The van der Waals surface area contributed by atoms with Gasteiger partial charge in [0, 0.05) is 31.6 Å². The number of carbonyl (C=O) groups is 1. The summed E-state index contributed by atoms with van der Waals surface area (Å²) in [4.78, 5) is 14.2. The highest BCUT2D eigenvalue weighted by Crippen LogP contribution is 2.25. The lowest BCUT2D eigenvalue weighted by atomic mass is 9.98. The first kappa shape index (κ1) is 21.8. The van der Waals surface area contributed by atoms with Crippen molar-refractivity contribution in [2.75, 3.05) is 19.6 Å². The summed E-state index contributed by atoms with van der Waals surface area (Å²) in [6, 6.07) is 0.315. The molecule has 3 unspecified atom stereocenters. The molecular formula is C14H27Cl2F2N3O. The zero-order chi connectivity index (χ0) is 14.8. The molecule has 8 heteroatoms. The number of rotatable bonds is 4. The van der Waals surface area contributed by atoms with Crippen LogP contribution in [-0.4, -0.2) is 54.5 Å². The van der Waals surface area contributed by atoms with Crippen LogP contribution in [0, 0.1) is 0 Å². The van der Waals surface area contributed by atoms with Crippen LogP contribution in [0.4, 0.5) is 8.78 Å². The number of amides is 1. The maximum atomic E-state index is 13.0. The summed E-state index contributed by atoms with van der Waals surface area (Å²) in [6.07, 6.45) is 3.24. The van der Waals surface area contributed by atoms with Crippen molar-refractivity contribution in [3.63, 3.8) is 0 Å². The number of piperidine rings is 1. The molecule has 1 amide bonds. The zero-order valence-electron chi connectivity index (χ0n) is 13.1. The number of likely N-dealkylation sites (tertiary alicyclic amines) is 1. The third-order valence-electron chi connectivity index (χ3n) is 4.47. The van der Waals surface area contributed by atoms with E-state index >= 15 is 0 Å². The summed E-state index contributed by atoms with van der Waals surface area (Å²) in [5.74, 6) is -3.06. The monoisotopic (exact) mass is 361 g/mol. The first-order valence-electron chi connectivity index (χ1n) is 7.54. The van der Waals surface area contributed by atoms with E-state index in [0.29, 0.717) is 18.6 Å². The first-order chi connectivity index (χ1) is 9.39. The number of alkyl halides is 2. The second kappa shape index (κ2) is 9.21. The van der Waals surface area contributed by atoms with Gasteiger partial charge in [0.2, 0.25) is 5.91 Å². The lowest BCUT2D eigenvalue weighted by Crippen LogP contribution is -2.49. The molecule has 0 bridgehead atoms. The van der Waals surface area contributed by atoms with Gasteiger partial charge in [0.05, 0.1) is 12.6 Å². The van der Waals surface area contributed by atoms with Gasteiger partial charge in [-0.3, -0.25) is 15.0 Å². The Hall–Kier alpha value is -0.170. The maximum absolute atomic E-state index is 13.0. The average molecular weight is 362 g/mol. The van der Waals surface area contributed by atoms with Gasteiger partial charge in [-0.05, 0) is 26.7 Å². The van der Waals surface area contributed by atoms with Gasteiger partial charge < -0.3 is 5.32 Å². The van der Waals surface area contributed by atoms with E-state index in [-0.39, 0.29) is 30.7 Å². The highest BCUT2D eigenvalue weighted by molar-refractivity contribution is 5.85. The van der Waals surface area contributed by atoms with Crippen LogP contribution in [0.1, 0.15) is 39.5 Å². The van der Waals surface area contributed by atoms with Crippen LogP contribution in [0.2, 0.25) is 0 Å². The van der Waals surface area contributed by atoms with E-state index in [1.54, 1.807) is 0 Å². The molecule has 2 aliphatic heterocycles. The Balaban J connectivity index is 0.00000220. The van der Waals surface area contributed by atoms with Gasteiger partial charge in [-0.25, -0.2) is 8.78 Å². The topological polar surface area (TPSA) is 44.4 Å². The Morgan fingerprint density at radius 1 is 1.27 bits per heavy atom. The predicted molar refractivity (Wildman–Crippen MR) is 88.3 cm³/mol. The van der Waals surface area contributed by atoms with Gasteiger partial charge in [-0.15, -0.1) is 24.8 Å². The molecule has 0 spiro atoms. The van der Waals surface area contributed by atoms with Crippen LogP contribution in [0.3, 0.4) is 0 Å². The molecule has 0 aromatic carbocycles. The van der Waals surface area contributed by atoms with Crippen molar-refractivity contribution in [2.45, 2.75) is 63.6 Å². The van der Waals surface area contributed by atoms with Crippen LogP contribution in [-0.2, 0) is 4.79 Å². The first-order valence-corrected chi connectivity index (χ1v) is 7.54. The number of hydrogen-bond donors (Lipinski definition) is 2. The Morgan fingerprint density at radius 3 is 2.36 bits per heavy atom. The van der Waals surface area contributed by atoms with Crippen molar-refractivity contribution < 1.29 is 13.6 Å². The van der Waals surface area contributed by atoms with Gasteiger partial charge in [-0.1, -0.05) is 6.42 Å². The van der Waals surface area contributed by atoms with Crippen molar-refractivity contribution >= 4 is 30.7 Å². The molecule has 0 aromatic heterocycles. The molecule has 0 saturated carbocycles. The van der Waals surface area contributed by atoms with Crippen LogP contribution in [0.25, 0.3) is 0 Å². The molecule has 2 aliphatic rings. The van der Waals surface area contributed by atoms with Crippen molar-refractivity contribution in [2.24, 2.45) is 0 Å². The predicted octanol–water partition coefficient (Wildman–Crippen LogP) is 2.21. The number of nitrogens with zero attached hydrogens (tertiary/aromatic N) is 1. The number of hydrogen-bond acceptors (Lipinski definition) is 3. The van der Waals surface area contributed by atoms with E-state index in [1.165, 1.54) is 19.3 Å². The minimum absolute atomic E-state index is 0. The number of carbonyl (C=O) groups excluding carboxylic acids is 1. The van der Waals surface area contributed by atoms with E-state index in [9.17, 15) is 13.6 Å². The van der Waals surface area contributed by atoms with Crippen molar-refractivity contribution in [1.82, 2.24) is 15.5 Å². The second-order valence-electron chi connectivity index (χ2n) is 6.15. The zero-order valence-corrected chi connectivity index (χ0v) is 14.7. The third-order valence-corrected chi connectivity index (χ3v) is 4.47. The van der Waals surface area contributed by atoms with Crippen LogP contribution in [0.15, 0.2) is 0 Å².